The Kier molecular flexibility index (Phi) is 4.58. The molecule has 0 bridgehead atoms. The number of carbonyl (C=O) groups is 1. The van der Waals surface area contributed by atoms with Gasteiger partial charge >= 0.3 is 5.97 Å². The highest BCUT2D eigenvalue weighted by Crippen LogP contribution is 2.20. The van der Waals surface area contributed by atoms with Crippen molar-refractivity contribution >= 4 is 5.97 Å². The maximum atomic E-state index is 11.6. The zero-order valence-corrected chi connectivity index (χ0v) is 10.0. The van der Waals surface area contributed by atoms with Gasteiger partial charge in [-0.25, -0.2) is 0 Å². The molecule has 0 unspecified atom stereocenters. The van der Waals surface area contributed by atoms with Gasteiger partial charge in [0, 0.05) is 13.2 Å². The number of hydrogen-bond acceptors (Lipinski definition) is 3. The van der Waals surface area contributed by atoms with Gasteiger partial charge in [0.05, 0.1) is 12.5 Å². The summed E-state index contributed by atoms with van der Waals surface area (Å²) >= 11 is 0. The Hall–Kier alpha value is -0.570. The van der Waals surface area contributed by atoms with Gasteiger partial charge in [-0.05, 0) is 24.7 Å². The molecule has 0 aromatic carbocycles. The molecule has 0 saturated carbocycles. The highest BCUT2D eigenvalue weighted by molar-refractivity contribution is 5.72. The first-order chi connectivity index (χ1) is 6.99. The molecule has 0 spiro atoms. The van der Waals surface area contributed by atoms with E-state index in [-0.39, 0.29) is 17.3 Å². The molecule has 15 heavy (non-hydrogen) atoms. The van der Waals surface area contributed by atoms with Crippen LogP contribution in [0.25, 0.3) is 0 Å². The van der Waals surface area contributed by atoms with Gasteiger partial charge in [0.25, 0.3) is 0 Å². The zero-order chi connectivity index (χ0) is 11.3. The Morgan fingerprint density at radius 3 is 2.47 bits per heavy atom. The molecule has 0 amide bonds. The topological polar surface area (TPSA) is 35.5 Å². The highest BCUT2D eigenvalue weighted by atomic mass is 16.5. The minimum Gasteiger partial charge on any atom is -0.465 e. The van der Waals surface area contributed by atoms with E-state index in [1.54, 1.807) is 0 Å². The third kappa shape index (κ3) is 5.17. The Morgan fingerprint density at radius 2 is 1.93 bits per heavy atom. The highest BCUT2D eigenvalue weighted by Gasteiger charge is 2.23. The van der Waals surface area contributed by atoms with Crippen LogP contribution >= 0.6 is 0 Å². The lowest BCUT2D eigenvalue weighted by Gasteiger charge is -2.22. The van der Waals surface area contributed by atoms with Crippen LogP contribution in [0.2, 0.25) is 0 Å². The summed E-state index contributed by atoms with van der Waals surface area (Å²) in [6, 6.07) is 0. The molecule has 3 heteroatoms. The molecule has 0 aromatic rings. The van der Waals surface area contributed by atoms with Gasteiger partial charge in [0.1, 0.15) is 0 Å². The van der Waals surface area contributed by atoms with Crippen molar-refractivity contribution in [1.29, 1.82) is 0 Å². The first-order valence-electron chi connectivity index (χ1n) is 5.73. The second-order valence-corrected chi connectivity index (χ2v) is 5.36. The van der Waals surface area contributed by atoms with Crippen LogP contribution in [-0.2, 0) is 14.3 Å². The lowest BCUT2D eigenvalue weighted by molar-refractivity contribution is -0.152. The van der Waals surface area contributed by atoms with Crippen LogP contribution in [0.1, 0.15) is 40.0 Å². The van der Waals surface area contributed by atoms with E-state index in [1.165, 1.54) is 0 Å². The molecule has 1 aliphatic heterocycles. The zero-order valence-electron chi connectivity index (χ0n) is 10.0. The van der Waals surface area contributed by atoms with E-state index in [1.807, 2.05) is 0 Å². The Morgan fingerprint density at radius 1 is 1.33 bits per heavy atom. The van der Waals surface area contributed by atoms with Crippen molar-refractivity contribution in [3.8, 4) is 0 Å². The molecular weight excluding hydrogens is 192 g/mol. The quantitative estimate of drug-likeness (QED) is 0.677. The van der Waals surface area contributed by atoms with Crippen molar-refractivity contribution in [1.82, 2.24) is 0 Å². The first kappa shape index (κ1) is 12.5. The van der Waals surface area contributed by atoms with Crippen molar-refractivity contribution in [3.63, 3.8) is 0 Å². The molecule has 0 aliphatic carbocycles. The summed E-state index contributed by atoms with van der Waals surface area (Å²) in [6.45, 7) is 8.37. The Balaban J connectivity index is 2.17. The summed E-state index contributed by atoms with van der Waals surface area (Å²) in [6.07, 6.45) is 2.55. The summed E-state index contributed by atoms with van der Waals surface area (Å²) < 4.78 is 10.5. The van der Waals surface area contributed by atoms with E-state index >= 15 is 0 Å². The van der Waals surface area contributed by atoms with Crippen molar-refractivity contribution in [2.24, 2.45) is 11.3 Å². The van der Waals surface area contributed by atoms with Crippen LogP contribution in [-0.4, -0.2) is 25.8 Å². The Labute approximate surface area is 92.1 Å². The number of carbonyl (C=O) groups excluding carboxylic acids is 1. The van der Waals surface area contributed by atoms with Gasteiger partial charge in [-0.1, -0.05) is 20.8 Å². The predicted octanol–water partition coefficient (Wildman–Crippen LogP) is 2.39. The third-order valence-electron chi connectivity index (χ3n) is 2.65. The number of ether oxygens (including phenoxy) is 2. The molecule has 0 atom stereocenters. The van der Waals surface area contributed by atoms with Gasteiger partial charge in [0.15, 0.2) is 0 Å². The summed E-state index contributed by atoms with van der Waals surface area (Å²) in [7, 11) is 0. The molecule has 0 N–H and O–H groups in total. The van der Waals surface area contributed by atoms with Crippen molar-refractivity contribution in [3.05, 3.63) is 0 Å². The van der Waals surface area contributed by atoms with Crippen molar-refractivity contribution in [2.45, 2.75) is 40.0 Å². The average Bonchev–Trinajstić information content (AvgIpc) is 2.17. The Bertz CT molecular complexity index is 199. The summed E-state index contributed by atoms with van der Waals surface area (Å²) in [4.78, 5) is 11.6. The minimum atomic E-state index is -0.0393. The SMILES string of the molecule is CC(C)(C)CCOC(=O)C1CCOCC1. The summed E-state index contributed by atoms with van der Waals surface area (Å²) in [5.41, 5.74) is 0.232. The third-order valence-corrected chi connectivity index (χ3v) is 2.65. The van der Waals surface area contributed by atoms with Gasteiger partial charge in [-0.15, -0.1) is 0 Å². The fourth-order valence-electron chi connectivity index (χ4n) is 1.51. The number of rotatable bonds is 3. The molecule has 88 valence electrons. The fourth-order valence-corrected chi connectivity index (χ4v) is 1.51. The molecular formula is C12H22O3. The molecule has 1 rings (SSSR count). The van der Waals surface area contributed by atoms with Gasteiger partial charge < -0.3 is 9.47 Å². The fraction of sp³-hybridized carbons (Fsp3) is 0.917. The maximum Gasteiger partial charge on any atom is 0.309 e. The molecule has 1 fully saturated rings. The van der Waals surface area contributed by atoms with Gasteiger partial charge in [-0.3, -0.25) is 4.79 Å². The summed E-state index contributed by atoms with van der Waals surface area (Å²) in [5.74, 6) is 0.0290. The van der Waals surface area contributed by atoms with Crippen LogP contribution in [0.5, 0.6) is 0 Å². The van der Waals surface area contributed by atoms with E-state index in [9.17, 15) is 4.79 Å². The largest absolute Gasteiger partial charge is 0.465 e. The van der Waals surface area contributed by atoms with Crippen LogP contribution in [0.15, 0.2) is 0 Å². The lowest BCUT2D eigenvalue weighted by Crippen LogP contribution is -2.26. The van der Waals surface area contributed by atoms with E-state index in [4.69, 9.17) is 9.47 Å². The van der Waals surface area contributed by atoms with E-state index in [0.29, 0.717) is 19.8 Å². The van der Waals surface area contributed by atoms with Crippen LogP contribution in [0.3, 0.4) is 0 Å². The minimum absolute atomic E-state index is 0.0393. The molecule has 1 heterocycles. The van der Waals surface area contributed by atoms with E-state index < -0.39 is 0 Å². The normalized spacial score (nSPS) is 18.9. The van der Waals surface area contributed by atoms with E-state index in [0.717, 1.165) is 19.3 Å². The van der Waals surface area contributed by atoms with Crippen LogP contribution < -0.4 is 0 Å². The standard InChI is InChI=1S/C12H22O3/c1-12(2,3)6-9-15-11(13)10-4-7-14-8-5-10/h10H,4-9H2,1-3H3. The monoisotopic (exact) mass is 214 g/mol. The molecule has 1 saturated heterocycles. The number of hydrogen-bond donors (Lipinski definition) is 0. The smallest absolute Gasteiger partial charge is 0.309 e. The van der Waals surface area contributed by atoms with Crippen LogP contribution in [0, 0.1) is 11.3 Å². The van der Waals surface area contributed by atoms with E-state index in [2.05, 4.69) is 20.8 Å². The maximum absolute atomic E-state index is 11.6. The molecule has 3 nitrogen and oxygen atoms in total. The summed E-state index contributed by atoms with van der Waals surface area (Å²) in [5, 5.41) is 0. The second-order valence-electron chi connectivity index (χ2n) is 5.36. The average molecular weight is 214 g/mol. The predicted molar refractivity (Wildman–Crippen MR) is 58.6 cm³/mol. The first-order valence-corrected chi connectivity index (χ1v) is 5.73. The number of esters is 1. The van der Waals surface area contributed by atoms with Crippen molar-refractivity contribution < 1.29 is 14.3 Å². The molecule has 0 radical (unpaired) electrons. The second kappa shape index (κ2) is 5.50. The van der Waals surface area contributed by atoms with Gasteiger partial charge in [-0.2, -0.15) is 0 Å². The molecule has 1 aliphatic rings. The van der Waals surface area contributed by atoms with Crippen molar-refractivity contribution in [2.75, 3.05) is 19.8 Å². The van der Waals surface area contributed by atoms with Crippen LogP contribution in [0.4, 0.5) is 0 Å². The van der Waals surface area contributed by atoms with Gasteiger partial charge in [0.2, 0.25) is 0 Å². The lowest BCUT2D eigenvalue weighted by atomic mass is 9.93. The molecule has 0 aromatic heterocycles.